The third-order valence-electron chi connectivity index (χ3n) is 17.9. The Bertz CT molecular complexity index is 5080. The minimum atomic E-state index is -0.377. The van der Waals surface area contributed by atoms with Gasteiger partial charge in [-0.2, -0.15) is 0 Å². The highest BCUT2D eigenvalue weighted by molar-refractivity contribution is 6.28. The molecule has 12 aromatic rings. The second-order valence-corrected chi connectivity index (χ2v) is 25.3. The summed E-state index contributed by atoms with van der Waals surface area (Å²) in [6.45, 7) is 8.49. The summed E-state index contributed by atoms with van der Waals surface area (Å²) in [5.74, 6) is 2.77. The molecule has 0 radical (unpaired) electrons. The molecule has 6 aromatic heterocycles. The summed E-state index contributed by atoms with van der Waals surface area (Å²) in [7, 11) is 1.56. The van der Waals surface area contributed by atoms with E-state index in [4.69, 9.17) is 22.1 Å². The first kappa shape index (κ1) is 73.6. The minimum Gasteiger partial charge on any atom is -0.494 e. The lowest BCUT2D eigenvalue weighted by Gasteiger charge is -2.35. The molecular formula is C75H69ClF6N22O4. The van der Waals surface area contributed by atoms with E-state index in [1.165, 1.54) is 93.2 Å². The van der Waals surface area contributed by atoms with Crippen LogP contribution < -0.4 is 25.2 Å². The van der Waals surface area contributed by atoms with Crippen molar-refractivity contribution in [1.82, 2.24) is 88.9 Å². The van der Waals surface area contributed by atoms with Gasteiger partial charge in [0, 0.05) is 130 Å². The Hall–Kier alpha value is -12.7. The number of nitrogen functional groups attached to an aromatic ring is 1. The van der Waals surface area contributed by atoms with Gasteiger partial charge in [-0.3, -0.25) is 14.4 Å². The highest BCUT2D eigenvalue weighted by Crippen LogP contribution is 2.29. The van der Waals surface area contributed by atoms with Crippen molar-refractivity contribution in [2.45, 2.75) is 33.0 Å². The van der Waals surface area contributed by atoms with Gasteiger partial charge in [-0.15, -0.1) is 15.3 Å². The minimum absolute atomic E-state index is 0.0403. The zero-order valence-electron chi connectivity index (χ0n) is 58.3. The average Bonchev–Trinajstić information content (AvgIpc) is 1.66. The van der Waals surface area contributed by atoms with Crippen LogP contribution in [-0.4, -0.2) is 192 Å². The summed E-state index contributed by atoms with van der Waals surface area (Å²) in [6, 6.07) is 38.5. The quantitative estimate of drug-likeness (QED) is 0.0655. The number of hydrogen-bond acceptors (Lipinski definition) is 20. The molecule has 3 fully saturated rings. The molecule has 0 saturated carbocycles. The molecule has 3 aliphatic heterocycles. The van der Waals surface area contributed by atoms with E-state index in [0.717, 1.165) is 23.8 Å². The molecule has 9 heterocycles. The summed E-state index contributed by atoms with van der Waals surface area (Å²) in [5.41, 5.74) is 10.3. The van der Waals surface area contributed by atoms with Crippen molar-refractivity contribution in [3.63, 3.8) is 0 Å². The fourth-order valence-corrected chi connectivity index (χ4v) is 12.3. The van der Waals surface area contributed by atoms with Crippen LogP contribution in [-0.2, 0) is 40.4 Å². The fourth-order valence-electron chi connectivity index (χ4n) is 12.1. The Labute approximate surface area is 619 Å². The number of benzene rings is 6. The highest BCUT2D eigenvalue weighted by atomic mass is 35.5. The molecule has 15 rings (SSSR count). The average molecular weight is 1490 g/mol. The van der Waals surface area contributed by atoms with Crippen molar-refractivity contribution >= 4 is 52.7 Å². The number of carbonyl (C=O) groups excluding carboxylic acids is 3. The molecule has 26 nitrogen and oxygen atoms in total. The van der Waals surface area contributed by atoms with Crippen LogP contribution in [0.25, 0.3) is 68.3 Å². The van der Waals surface area contributed by atoms with Crippen LogP contribution in [0.3, 0.4) is 0 Å². The number of nitrogens with two attached hydrogens (primary N) is 1. The van der Waals surface area contributed by atoms with E-state index in [-0.39, 0.29) is 77.5 Å². The van der Waals surface area contributed by atoms with Gasteiger partial charge in [-0.1, -0.05) is 6.92 Å². The van der Waals surface area contributed by atoms with E-state index in [0.29, 0.717) is 164 Å². The molecule has 552 valence electrons. The van der Waals surface area contributed by atoms with Crippen LogP contribution >= 0.6 is 11.6 Å². The van der Waals surface area contributed by atoms with E-state index in [1.54, 1.807) is 113 Å². The number of amides is 3. The van der Waals surface area contributed by atoms with Crippen LogP contribution in [0.1, 0.15) is 12.6 Å². The third kappa shape index (κ3) is 18.1. The number of hydrogen-bond donors (Lipinski definition) is 1. The van der Waals surface area contributed by atoms with Gasteiger partial charge in [0.25, 0.3) is 0 Å². The van der Waals surface area contributed by atoms with Crippen molar-refractivity contribution in [3.8, 4) is 74.1 Å². The number of piperazine rings is 3. The van der Waals surface area contributed by atoms with E-state index in [9.17, 15) is 40.7 Å². The van der Waals surface area contributed by atoms with Gasteiger partial charge in [-0.05, 0) is 164 Å². The van der Waals surface area contributed by atoms with Gasteiger partial charge in [0.2, 0.25) is 29.0 Å². The van der Waals surface area contributed by atoms with Crippen LogP contribution in [0.5, 0.6) is 5.75 Å². The van der Waals surface area contributed by atoms with Crippen LogP contribution in [0.4, 0.5) is 49.7 Å². The smallest absolute Gasteiger partial charge is 0.244 e. The first-order valence-corrected chi connectivity index (χ1v) is 34.7. The number of rotatable bonds is 17. The first-order valence-electron chi connectivity index (χ1n) is 34.3. The summed E-state index contributed by atoms with van der Waals surface area (Å²) < 4.78 is 90.3. The molecule has 6 aromatic carbocycles. The molecule has 2 N–H and O–H groups in total. The Kier molecular flexibility index (Phi) is 22.9. The molecule has 0 atom stereocenters. The highest BCUT2D eigenvalue weighted by Gasteiger charge is 2.29. The Morgan fingerprint density at radius 1 is 0.407 bits per heavy atom. The summed E-state index contributed by atoms with van der Waals surface area (Å²) in [5, 5.41) is 13.8. The molecule has 3 amide bonds. The summed E-state index contributed by atoms with van der Waals surface area (Å²) in [4.78, 5) is 90.1. The number of aromatic nitrogens is 15. The van der Waals surface area contributed by atoms with E-state index in [1.807, 2.05) is 22.8 Å². The van der Waals surface area contributed by atoms with Crippen molar-refractivity contribution in [3.05, 3.63) is 222 Å². The van der Waals surface area contributed by atoms with E-state index < -0.39 is 0 Å². The molecular weight excluding hydrogens is 1420 g/mol. The Morgan fingerprint density at radius 3 is 1.06 bits per heavy atom. The second kappa shape index (κ2) is 33.6. The molecule has 3 aliphatic rings. The largest absolute Gasteiger partial charge is 0.494 e. The number of carbonyl (C=O) groups is 3. The number of ether oxygens (including phenoxy) is 1. The zero-order chi connectivity index (χ0) is 75.4. The number of nitrogens with zero attached hydrogens (tertiary/aromatic N) is 21. The SMILES string of the molecule is CCc1cc(N2CCN(C(=O)Cn3nc(-c4ccc(F)cc4)nc3-c3ccc(F)cc3)CC2)nc(Cl)n1.COc1cnc(N2CCN(C(=O)Cn3nc(-c4ccc(F)cc4)nc3-c3ccc(F)cc3)CC2)nc1.Nc1cc(N2CCN(C(=O)Cn3nc(-c4ccc(F)cc4)nc3-c3ccc(F)cc3)CC2)ncn1. The van der Waals surface area contributed by atoms with Gasteiger partial charge < -0.3 is 39.9 Å². The standard InChI is InChI=1S/C26H24ClF2N7O.C25H23F2N7O2.C24H22F2N8O/c1-2-21-15-22(31-26(27)30-21)34-11-13-35(14-12-34)23(37)16-36-25(18-5-9-20(29)10-6-18)32-24(33-36)17-3-7-19(28)8-4-17;1-36-21-14-28-25(29-15-21)33-12-10-32(11-13-33)22(35)16-34-24(18-4-8-20(27)9-5-18)30-23(31-34)17-2-6-19(26)7-3-17;25-18-5-1-16(2-6-18)23-30-24(17-3-7-19(26)8-4-17)34(31-23)14-22(35)33-11-9-32(10-12-33)21-13-20(27)28-15-29-21/h3-10,15H,2,11-14,16H2,1H3;2-9,14-15H,10-13,16H2,1H3;1-8,13,15H,9-12,14H2,(H2,27,28,29). The van der Waals surface area contributed by atoms with Gasteiger partial charge in [0.05, 0.1) is 19.5 Å². The monoisotopic (exact) mass is 1490 g/mol. The van der Waals surface area contributed by atoms with Crippen molar-refractivity contribution < 1.29 is 45.5 Å². The topological polar surface area (TPSA) is 275 Å². The Balaban J connectivity index is 0.000000143. The zero-order valence-corrected chi connectivity index (χ0v) is 59.1. The normalized spacial score (nSPS) is 13.7. The van der Waals surface area contributed by atoms with Gasteiger partial charge in [-0.25, -0.2) is 85.2 Å². The van der Waals surface area contributed by atoms with Crippen LogP contribution in [0, 0.1) is 34.9 Å². The van der Waals surface area contributed by atoms with Crippen LogP contribution in [0.15, 0.2) is 176 Å². The molecule has 108 heavy (non-hydrogen) atoms. The number of methoxy groups -OCH3 is 1. The first-order chi connectivity index (χ1) is 52.3. The second-order valence-electron chi connectivity index (χ2n) is 25.0. The molecule has 0 unspecified atom stereocenters. The Morgan fingerprint density at radius 2 is 0.731 bits per heavy atom. The maximum absolute atomic E-state index is 13.5. The number of aryl methyl sites for hydroxylation is 1. The lowest BCUT2D eigenvalue weighted by Crippen LogP contribution is -2.50. The fraction of sp³-hybridized carbons (Fsp3) is 0.240. The third-order valence-corrected chi connectivity index (χ3v) is 18.1. The van der Waals surface area contributed by atoms with Crippen molar-refractivity contribution in [2.75, 3.05) is 106 Å². The lowest BCUT2D eigenvalue weighted by atomic mass is 10.2. The summed E-state index contributed by atoms with van der Waals surface area (Å²) >= 11 is 6.08. The van der Waals surface area contributed by atoms with E-state index >= 15 is 0 Å². The predicted molar refractivity (Wildman–Crippen MR) is 390 cm³/mol. The molecule has 3 saturated heterocycles. The van der Waals surface area contributed by atoms with Crippen molar-refractivity contribution in [1.29, 1.82) is 0 Å². The van der Waals surface area contributed by atoms with E-state index in [2.05, 4.69) is 65.1 Å². The predicted octanol–water partition coefficient (Wildman–Crippen LogP) is 9.89. The maximum Gasteiger partial charge on any atom is 0.244 e. The lowest BCUT2D eigenvalue weighted by molar-refractivity contribution is -0.133. The molecule has 0 spiro atoms. The van der Waals surface area contributed by atoms with Crippen LogP contribution in [0.2, 0.25) is 5.28 Å². The van der Waals surface area contributed by atoms with Gasteiger partial charge in [0.1, 0.15) is 78.3 Å². The van der Waals surface area contributed by atoms with Gasteiger partial charge >= 0.3 is 0 Å². The molecule has 0 aliphatic carbocycles. The summed E-state index contributed by atoms with van der Waals surface area (Å²) in [6.07, 6.45) is 5.39. The number of anilines is 4. The molecule has 33 heteroatoms. The maximum atomic E-state index is 13.5. The van der Waals surface area contributed by atoms with Crippen molar-refractivity contribution in [2.24, 2.45) is 0 Å². The molecule has 0 bridgehead atoms. The number of halogens is 7. The van der Waals surface area contributed by atoms with Gasteiger partial charge in [0.15, 0.2) is 40.7 Å².